The summed E-state index contributed by atoms with van der Waals surface area (Å²) < 4.78 is 0. The number of hydrogen-bond acceptors (Lipinski definition) is 2. The molecule has 0 aromatic carbocycles. The average molecular weight is 168 g/mol. The Hall–Kier alpha value is 0.576. The van der Waals surface area contributed by atoms with Crippen LogP contribution >= 0.6 is 0 Å². The van der Waals surface area contributed by atoms with Crippen molar-refractivity contribution in [3.63, 3.8) is 0 Å². The Morgan fingerprint density at radius 1 is 1.50 bits per heavy atom. The van der Waals surface area contributed by atoms with E-state index in [1.165, 1.54) is 4.90 Å². The average Bonchev–Trinajstić information content (AvgIpc) is 1.98. The molecule has 0 aliphatic carbocycles. The van der Waals surface area contributed by atoms with Gasteiger partial charge in [0.15, 0.2) is 0 Å². The zero-order valence-electron chi connectivity index (χ0n) is 5.34. The molecule has 1 heterocycles. The second-order valence-corrected chi connectivity index (χ2v) is 2.08. The summed E-state index contributed by atoms with van der Waals surface area (Å²) in [4.78, 5) is 22.6. The first kappa shape index (κ1) is 10.6. The number of nitrogens with one attached hydrogen (secondary N) is 1. The van der Waals surface area contributed by atoms with Crippen molar-refractivity contribution >= 4 is 63.3 Å². The first-order valence-electron chi connectivity index (χ1n) is 2.70. The minimum atomic E-state index is -0.312. The third kappa shape index (κ3) is 1.79. The van der Waals surface area contributed by atoms with E-state index in [0.717, 1.165) is 0 Å². The van der Waals surface area contributed by atoms with Crippen molar-refractivity contribution in [1.29, 1.82) is 0 Å². The monoisotopic (exact) mass is 168 g/mol. The molecule has 0 saturated carbocycles. The van der Waals surface area contributed by atoms with Gasteiger partial charge in [0.25, 0.3) is 5.91 Å². The van der Waals surface area contributed by atoms with Gasteiger partial charge in [0.1, 0.15) is 6.04 Å². The van der Waals surface area contributed by atoms with Crippen LogP contribution in [-0.4, -0.2) is 81.3 Å². The van der Waals surface area contributed by atoms with E-state index in [9.17, 15) is 9.59 Å². The topological polar surface area (TPSA) is 49.4 Å². The molecule has 0 aromatic heterocycles. The first-order chi connectivity index (χ1) is 4.13. The fraction of sp³-hybridized carbons (Fsp3) is 0.600. The van der Waals surface area contributed by atoms with Gasteiger partial charge in [-0.2, -0.15) is 0 Å². The summed E-state index contributed by atoms with van der Waals surface area (Å²) in [6.07, 6.45) is 0. The molecule has 4 nitrogen and oxygen atoms in total. The van der Waals surface area contributed by atoms with E-state index in [4.69, 9.17) is 0 Å². The zero-order valence-corrected chi connectivity index (χ0v) is 5.34. The van der Waals surface area contributed by atoms with Gasteiger partial charge in [-0.25, -0.2) is 4.79 Å². The number of hydrogen-bond donors (Lipinski definition) is 1. The third-order valence-electron chi connectivity index (χ3n) is 1.51. The SMILES string of the molecule is CC1C(=O)NC(=O)N1C.[KH]. The number of carbonyl (C=O) groups is 2. The van der Waals surface area contributed by atoms with E-state index in [1.54, 1.807) is 14.0 Å². The molecular formula is C5H9KN2O2. The molecule has 1 aliphatic heterocycles. The molecule has 0 spiro atoms. The van der Waals surface area contributed by atoms with E-state index in [1.807, 2.05) is 0 Å². The van der Waals surface area contributed by atoms with Gasteiger partial charge >= 0.3 is 57.4 Å². The van der Waals surface area contributed by atoms with E-state index in [-0.39, 0.29) is 69.4 Å². The first-order valence-corrected chi connectivity index (χ1v) is 2.70. The Bertz CT molecular complexity index is 153. The molecule has 5 heteroatoms. The maximum atomic E-state index is 10.6. The number of likely N-dealkylation sites (N-methyl/N-ethyl adjacent to an activating group) is 1. The van der Waals surface area contributed by atoms with Crippen LogP contribution < -0.4 is 5.32 Å². The number of urea groups is 1. The van der Waals surface area contributed by atoms with Crippen molar-refractivity contribution in [2.24, 2.45) is 0 Å². The fourth-order valence-corrected chi connectivity index (χ4v) is 0.650. The van der Waals surface area contributed by atoms with Crippen molar-refractivity contribution in [2.45, 2.75) is 13.0 Å². The van der Waals surface area contributed by atoms with Crippen LogP contribution in [0.25, 0.3) is 0 Å². The molecule has 52 valence electrons. The number of nitrogens with zero attached hydrogens (tertiary/aromatic N) is 1. The van der Waals surface area contributed by atoms with Crippen molar-refractivity contribution in [3.05, 3.63) is 0 Å². The minimum absolute atomic E-state index is 0. The molecule has 1 aliphatic rings. The van der Waals surface area contributed by atoms with Gasteiger partial charge in [-0.05, 0) is 6.92 Å². The van der Waals surface area contributed by atoms with Gasteiger partial charge in [-0.15, -0.1) is 0 Å². The van der Waals surface area contributed by atoms with Crippen LogP contribution in [0.3, 0.4) is 0 Å². The van der Waals surface area contributed by atoms with Crippen LogP contribution in [0.15, 0.2) is 0 Å². The number of amides is 3. The Labute approximate surface area is 102 Å². The molecular weight excluding hydrogens is 159 g/mol. The quantitative estimate of drug-likeness (QED) is 0.369. The standard InChI is InChI=1S/C5H8N2O2.K.H/c1-3-4(8)6-5(9)7(3)2;;/h3H,1-2H3,(H,6,8,9);;. The van der Waals surface area contributed by atoms with Gasteiger partial charge in [0, 0.05) is 7.05 Å². The fourth-order valence-electron chi connectivity index (χ4n) is 0.650. The molecule has 1 rings (SSSR count). The maximum absolute atomic E-state index is 10.6. The summed E-state index contributed by atoms with van der Waals surface area (Å²) in [5.41, 5.74) is 0. The predicted molar refractivity (Wildman–Crippen MR) is 37.9 cm³/mol. The molecule has 1 unspecified atom stereocenters. The van der Waals surface area contributed by atoms with Gasteiger partial charge in [0.05, 0.1) is 0 Å². The summed E-state index contributed by atoms with van der Waals surface area (Å²) in [7, 11) is 1.59. The molecule has 1 saturated heterocycles. The molecule has 1 atom stereocenters. The van der Waals surface area contributed by atoms with E-state index < -0.39 is 0 Å². The third-order valence-corrected chi connectivity index (χ3v) is 1.51. The van der Waals surface area contributed by atoms with Crippen molar-refractivity contribution in [2.75, 3.05) is 7.05 Å². The van der Waals surface area contributed by atoms with Crippen molar-refractivity contribution in [1.82, 2.24) is 10.2 Å². The molecule has 0 aromatic rings. The zero-order chi connectivity index (χ0) is 7.02. The van der Waals surface area contributed by atoms with E-state index in [0.29, 0.717) is 0 Å². The van der Waals surface area contributed by atoms with E-state index in [2.05, 4.69) is 5.32 Å². The summed E-state index contributed by atoms with van der Waals surface area (Å²) in [6, 6.07) is -0.620. The van der Waals surface area contributed by atoms with Crippen LogP contribution in [0.4, 0.5) is 4.79 Å². The Morgan fingerprint density at radius 2 is 2.00 bits per heavy atom. The van der Waals surface area contributed by atoms with Crippen molar-refractivity contribution < 1.29 is 9.59 Å². The number of imide groups is 1. The predicted octanol–water partition coefficient (Wildman–Crippen LogP) is -1.09. The van der Waals surface area contributed by atoms with Crippen LogP contribution in [-0.2, 0) is 4.79 Å². The summed E-state index contributed by atoms with van der Waals surface area (Å²) in [5.74, 6) is -0.220. The normalized spacial score (nSPS) is 24.2. The molecule has 3 amide bonds. The van der Waals surface area contributed by atoms with Gasteiger partial charge in [-0.3, -0.25) is 10.1 Å². The Kier molecular flexibility index (Phi) is 4.04. The number of carbonyl (C=O) groups excluding carboxylic acids is 2. The Balaban J connectivity index is 0.000000810. The summed E-state index contributed by atoms with van der Waals surface area (Å²) in [5, 5.41) is 2.16. The molecule has 1 fully saturated rings. The number of rotatable bonds is 0. The van der Waals surface area contributed by atoms with E-state index >= 15 is 0 Å². The van der Waals surface area contributed by atoms with Crippen LogP contribution in [0.1, 0.15) is 6.92 Å². The van der Waals surface area contributed by atoms with Gasteiger partial charge in [0.2, 0.25) is 0 Å². The van der Waals surface area contributed by atoms with Gasteiger partial charge < -0.3 is 4.90 Å². The summed E-state index contributed by atoms with van der Waals surface area (Å²) in [6.45, 7) is 1.68. The second-order valence-electron chi connectivity index (χ2n) is 2.08. The van der Waals surface area contributed by atoms with Crippen LogP contribution in [0, 0.1) is 0 Å². The molecule has 10 heavy (non-hydrogen) atoms. The van der Waals surface area contributed by atoms with Crippen molar-refractivity contribution in [3.8, 4) is 0 Å². The molecule has 1 N–H and O–H groups in total. The van der Waals surface area contributed by atoms with Gasteiger partial charge in [-0.1, -0.05) is 0 Å². The Morgan fingerprint density at radius 3 is 2.10 bits per heavy atom. The van der Waals surface area contributed by atoms with Crippen LogP contribution in [0.2, 0.25) is 0 Å². The summed E-state index contributed by atoms with van der Waals surface area (Å²) >= 11 is 0. The molecule has 0 radical (unpaired) electrons. The molecule has 0 bridgehead atoms. The second kappa shape index (κ2) is 3.82. The van der Waals surface area contributed by atoms with Crippen LogP contribution in [0.5, 0.6) is 0 Å².